The molecule has 120 valence electrons. The number of hydrogen-bond acceptors (Lipinski definition) is 6. The Kier molecular flexibility index (Phi) is 6.17. The van der Waals surface area contributed by atoms with Crippen molar-refractivity contribution in [1.29, 1.82) is 0 Å². The minimum atomic E-state index is -2.33. The topological polar surface area (TPSA) is 147 Å². The lowest BCUT2D eigenvalue weighted by Crippen LogP contribution is -2.58. The molecule has 3 atom stereocenters. The maximum atomic E-state index is 12.2. The average molecular weight is 309 g/mol. The van der Waals surface area contributed by atoms with Gasteiger partial charge in [-0.3, -0.25) is 9.59 Å². The molecule has 0 spiro atoms. The summed E-state index contributed by atoms with van der Waals surface area (Å²) in [7, 11) is 0. The molecule has 0 aliphatic heterocycles. The number of rotatable bonds is 6. The highest BCUT2D eigenvalue weighted by atomic mass is 16.4. The minimum absolute atomic E-state index is 0.0920. The van der Waals surface area contributed by atoms with Gasteiger partial charge in [0.05, 0.1) is 12.1 Å². The van der Waals surface area contributed by atoms with Crippen molar-refractivity contribution in [1.82, 2.24) is 4.90 Å². The number of amides is 2. The molecule has 1 aromatic rings. The highest BCUT2D eigenvalue weighted by Crippen LogP contribution is 2.08. The Hall–Kier alpha value is -2.29. The van der Waals surface area contributed by atoms with Gasteiger partial charge in [0, 0.05) is 0 Å². The van der Waals surface area contributed by atoms with Gasteiger partial charge in [-0.2, -0.15) is 0 Å². The van der Waals surface area contributed by atoms with Gasteiger partial charge in [0.25, 0.3) is 0 Å². The van der Waals surface area contributed by atoms with Gasteiger partial charge in [0.2, 0.25) is 18.0 Å². The van der Waals surface area contributed by atoms with Crippen molar-refractivity contribution in [3.63, 3.8) is 0 Å². The zero-order valence-electron chi connectivity index (χ0n) is 12.0. The monoisotopic (exact) mass is 309 g/mol. The molecule has 0 fully saturated rings. The summed E-state index contributed by atoms with van der Waals surface area (Å²) >= 11 is 0. The molecule has 0 aliphatic carbocycles. The molecule has 8 nitrogen and oxygen atoms in total. The predicted molar refractivity (Wildman–Crippen MR) is 77.3 cm³/mol. The highest BCUT2D eigenvalue weighted by Gasteiger charge is 2.37. The minimum Gasteiger partial charge on any atom is -0.478 e. The van der Waals surface area contributed by atoms with Crippen LogP contribution in [0, 0.1) is 0 Å². The highest BCUT2D eigenvalue weighted by molar-refractivity contribution is 6.02. The Labute approximate surface area is 127 Å². The van der Waals surface area contributed by atoms with Gasteiger partial charge in [0.1, 0.15) is 0 Å². The number of nitrogens with two attached hydrogens (primary N) is 2. The first-order valence-electron chi connectivity index (χ1n) is 6.58. The summed E-state index contributed by atoms with van der Waals surface area (Å²) in [6.45, 7) is 1.28. The van der Waals surface area contributed by atoms with E-state index < -0.39 is 36.1 Å². The van der Waals surface area contributed by atoms with Gasteiger partial charge in [-0.15, -0.1) is 0 Å². The molecule has 0 saturated carbocycles. The molecular weight excluding hydrogens is 290 g/mol. The van der Waals surface area contributed by atoms with E-state index in [4.69, 9.17) is 16.6 Å². The van der Waals surface area contributed by atoms with E-state index >= 15 is 0 Å². The van der Waals surface area contributed by atoms with Crippen molar-refractivity contribution in [2.75, 3.05) is 0 Å². The molecule has 0 aliphatic rings. The van der Waals surface area contributed by atoms with E-state index in [0.29, 0.717) is 0 Å². The number of aliphatic carboxylic acids is 1. The zero-order chi connectivity index (χ0) is 16.9. The quantitative estimate of drug-likeness (QED) is 0.475. The van der Waals surface area contributed by atoms with Crippen LogP contribution < -0.4 is 11.5 Å². The van der Waals surface area contributed by atoms with Gasteiger partial charge in [-0.1, -0.05) is 30.3 Å². The van der Waals surface area contributed by atoms with Crippen LogP contribution in [0.3, 0.4) is 0 Å². The lowest BCUT2D eigenvalue weighted by molar-refractivity contribution is -0.172. The molecule has 0 saturated heterocycles. The van der Waals surface area contributed by atoms with Crippen LogP contribution in [0.4, 0.5) is 0 Å². The number of imide groups is 1. The number of carboxylic acid groups (broad SMARTS) is 1. The Bertz CT molecular complexity index is 547. The maximum absolute atomic E-state index is 12.2. The van der Waals surface area contributed by atoms with Crippen LogP contribution in [0.2, 0.25) is 0 Å². The van der Waals surface area contributed by atoms with E-state index in [1.165, 1.54) is 6.92 Å². The van der Waals surface area contributed by atoms with Crippen LogP contribution >= 0.6 is 0 Å². The first-order valence-corrected chi connectivity index (χ1v) is 6.58. The number of nitrogens with zero attached hydrogens (tertiary/aromatic N) is 1. The Balaban J connectivity index is 2.95. The van der Waals surface area contributed by atoms with Crippen molar-refractivity contribution in [3.8, 4) is 0 Å². The lowest BCUT2D eigenvalue weighted by Gasteiger charge is -2.27. The van der Waals surface area contributed by atoms with Crippen molar-refractivity contribution in [3.05, 3.63) is 35.9 Å². The number of benzene rings is 1. The molecule has 1 aromatic carbocycles. The lowest BCUT2D eigenvalue weighted by atomic mass is 10.1. The first kappa shape index (κ1) is 17.8. The maximum Gasteiger partial charge on any atom is 0.354 e. The molecule has 0 radical (unpaired) electrons. The third-order valence-corrected chi connectivity index (χ3v) is 2.95. The van der Waals surface area contributed by atoms with E-state index in [-0.39, 0.29) is 11.3 Å². The second kappa shape index (κ2) is 7.64. The summed E-state index contributed by atoms with van der Waals surface area (Å²) in [5.41, 5.74) is 11.9. The van der Waals surface area contributed by atoms with Crippen molar-refractivity contribution in [2.45, 2.75) is 31.7 Å². The van der Waals surface area contributed by atoms with Gasteiger partial charge in [0.15, 0.2) is 0 Å². The summed E-state index contributed by atoms with van der Waals surface area (Å²) in [6.07, 6.45) is -2.23. The Morgan fingerprint density at radius 2 is 1.68 bits per heavy atom. The second-order valence-electron chi connectivity index (χ2n) is 4.84. The summed E-state index contributed by atoms with van der Waals surface area (Å²) in [5, 5.41) is 18.4. The number of aliphatic hydroxyl groups excluding tert-OH is 1. The van der Waals surface area contributed by atoms with Crippen LogP contribution in [0.25, 0.3) is 0 Å². The van der Waals surface area contributed by atoms with Crippen LogP contribution in [0.5, 0.6) is 0 Å². The molecule has 0 aromatic heterocycles. The van der Waals surface area contributed by atoms with Crippen LogP contribution in [0.15, 0.2) is 30.3 Å². The third kappa shape index (κ3) is 4.35. The summed E-state index contributed by atoms with van der Waals surface area (Å²) in [5.74, 6) is -3.75. The molecule has 0 bridgehead atoms. The van der Waals surface area contributed by atoms with Gasteiger partial charge in [-0.05, 0) is 18.9 Å². The summed E-state index contributed by atoms with van der Waals surface area (Å²) in [4.78, 5) is 35.2. The van der Waals surface area contributed by atoms with Crippen molar-refractivity contribution in [2.24, 2.45) is 11.5 Å². The molecule has 1 rings (SSSR count). The normalized spacial score (nSPS) is 14.7. The van der Waals surface area contributed by atoms with Gasteiger partial charge in [-0.25, -0.2) is 9.69 Å². The Morgan fingerprint density at radius 1 is 1.14 bits per heavy atom. The fourth-order valence-electron chi connectivity index (χ4n) is 1.81. The van der Waals surface area contributed by atoms with E-state index in [1.807, 2.05) is 0 Å². The number of carbonyl (C=O) groups is 3. The smallest absolute Gasteiger partial charge is 0.354 e. The van der Waals surface area contributed by atoms with Crippen LogP contribution in [-0.4, -0.2) is 51.2 Å². The number of carboxylic acids is 1. The largest absolute Gasteiger partial charge is 0.478 e. The molecule has 2 amide bonds. The van der Waals surface area contributed by atoms with Crippen molar-refractivity contribution >= 4 is 17.8 Å². The molecule has 8 heteroatoms. The predicted octanol–water partition coefficient (Wildman–Crippen LogP) is -1.34. The molecule has 6 N–H and O–H groups in total. The van der Waals surface area contributed by atoms with E-state index in [0.717, 1.165) is 5.56 Å². The molecule has 3 unspecified atom stereocenters. The number of carbonyl (C=O) groups excluding carboxylic acids is 2. The first-order chi connectivity index (χ1) is 10.3. The zero-order valence-corrected chi connectivity index (χ0v) is 12.0. The molecular formula is C14H19N3O5. The van der Waals surface area contributed by atoms with Crippen molar-refractivity contribution < 1.29 is 24.6 Å². The fraction of sp³-hybridized carbons (Fsp3) is 0.357. The van der Waals surface area contributed by atoms with E-state index in [9.17, 15) is 19.5 Å². The standard InChI is InChI=1S/C14H19N3O5/c1-8(15)11(18)17(13(20)14(21)22)12(19)10(16)7-9-5-3-2-4-6-9/h2-6,8,10,13,20H,7,15-16H2,1H3,(H,21,22). The number of aliphatic hydroxyl groups is 1. The Morgan fingerprint density at radius 3 is 2.14 bits per heavy atom. The number of hydrogen-bond donors (Lipinski definition) is 4. The van der Waals surface area contributed by atoms with E-state index in [1.54, 1.807) is 30.3 Å². The third-order valence-electron chi connectivity index (χ3n) is 2.95. The average Bonchev–Trinajstić information content (AvgIpc) is 2.47. The van der Waals surface area contributed by atoms with Gasteiger partial charge < -0.3 is 21.7 Å². The van der Waals surface area contributed by atoms with Gasteiger partial charge >= 0.3 is 5.97 Å². The SMILES string of the molecule is CC(N)C(=O)N(C(=O)C(N)Cc1ccccc1)C(O)C(=O)O. The molecule has 0 heterocycles. The second-order valence-corrected chi connectivity index (χ2v) is 4.84. The van der Waals surface area contributed by atoms with Crippen LogP contribution in [0.1, 0.15) is 12.5 Å². The van der Waals surface area contributed by atoms with E-state index in [2.05, 4.69) is 0 Å². The fourth-order valence-corrected chi connectivity index (χ4v) is 1.81. The summed E-state index contributed by atoms with van der Waals surface area (Å²) in [6, 6.07) is 6.43. The summed E-state index contributed by atoms with van der Waals surface area (Å²) < 4.78 is 0. The van der Waals surface area contributed by atoms with Crippen LogP contribution in [-0.2, 0) is 20.8 Å². The molecule has 22 heavy (non-hydrogen) atoms.